The quantitative estimate of drug-likeness (QED) is 0.114. The fourth-order valence-electron chi connectivity index (χ4n) is 7.95. The van der Waals surface area contributed by atoms with Crippen molar-refractivity contribution >= 4 is 38.6 Å². The van der Waals surface area contributed by atoms with Gasteiger partial charge in [0.15, 0.2) is 0 Å². The molecule has 0 bridgehead atoms. The van der Waals surface area contributed by atoms with Crippen LogP contribution in [0.1, 0.15) is 98.1 Å². The highest BCUT2D eigenvalue weighted by atomic mass is 15.0. The SMILES string of the molecule is C=C(CC/C(=C\C)c1ccc(C2=CCCC=C2)cc1)C1=CCCC(C)=C1.C=C/C=C\C.CC.CC.Nc1cccc(-c2ccccc2)c1.c1ccc(-n2c3ccccc3c3ccccc32)cc1. The van der Waals surface area contributed by atoms with Crippen molar-refractivity contribution in [3.63, 3.8) is 0 Å². The van der Waals surface area contributed by atoms with Crippen LogP contribution in [0.4, 0.5) is 5.69 Å². The zero-order valence-corrected chi connectivity index (χ0v) is 41.4. The number of allylic oxidation sites excluding steroid dienone is 14. The third-order valence-corrected chi connectivity index (χ3v) is 11.3. The predicted molar refractivity (Wildman–Crippen MR) is 301 cm³/mol. The highest BCUT2D eigenvalue weighted by Crippen LogP contribution is 2.32. The van der Waals surface area contributed by atoms with Gasteiger partial charge in [-0.1, -0.05) is 222 Å². The molecule has 7 aromatic rings. The van der Waals surface area contributed by atoms with Crippen LogP contribution in [-0.4, -0.2) is 4.57 Å². The van der Waals surface area contributed by atoms with E-state index in [1.54, 1.807) is 6.08 Å². The van der Waals surface area contributed by atoms with Crippen molar-refractivity contribution in [1.29, 1.82) is 0 Å². The van der Waals surface area contributed by atoms with Crippen LogP contribution >= 0.6 is 0 Å². The first-order valence-electron chi connectivity index (χ1n) is 24.3. The second-order valence-electron chi connectivity index (χ2n) is 15.8. The van der Waals surface area contributed by atoms with Crippen LogP contribution in [0, 0.1) is 0 Å². The molecular weight excluding hydrogens is 809 g/mol. The van der Waals surface area contributed by atoms with Crippen molar-refractivity contribution in [3.05, 3.63) is 253 Å². The van der Waals surface area contributed by atoms with Crippen LogP contribution in [0.3, 0.4) is 0 Å². The largest absolute Gasteiger partial charge is 0.399 e. The van der Waals surface area contributed by atoms with Crippen molar-refractivity contribution in [2.45, 2.75) is 87.0 Å². The van der Waals surface area contributed by atoms with Crippen molar-refractivity contribution in [1.82, 2.24) is 4.57 Å². The number of anilines is 1. The Kier molecular flexibility index (Phi) is 23.0. The number of rotatable bonds is 9. The van der Waals surface area contributed by atoms with Crippen molar-refractivity contribution in [2.24, 2.45) is 0 Å². The van der Waals surface area contributed by atoms with Crippen LogP contribution in [0.25, 0.3) is 49.8 Å². The summed E-state index contributed by atoms with van der Waals surface area (Å²) in [5.74, 6) is 0. The Balaban J connectivity index is 0.000000209. The van der Waals surface area contributed by atoms with Gasteiger partial charge in [-0.15, -0.1) is 0 Å². The third kappa shape index (κ3) is 15.8. The number of fused-ring (bicyclic) bond motifs is 3. The highest BCUT2D eigenvalue weighted by Gasteiger charge is 2.11. The van der Waals surface area contributed by atoms with Gasteiger partial charge in [0.2, 0.25) is 0 Å². The fourth-order valence-corrected chi connectivity index (χ4v) is 7.95. The lowest BCUT2D eigenvalue weighted by molar-refractivity contribution is 0.930. The minimum Gasteiger partial charge on any atom is -0.399 e. The summed E-state index contributed by atoms with van der Waals surface area (Å²) in [4.78, 5) is 0. The second-order valence-corrected chi connectivity index (χ2v) is 15.8. The number of hydrogen-bond acceptors (Lipinski definition) is 1. The van der Waals surface area contributed by atoms with Gasteiger partial charge in [0, 0.05) is 22.1 Å². The van der Waals surface area contributed by atoms with Crippen LogP contribution < -0.4 is 5.73 Å². The topological polar surface area (TPSA) is 30.9 Å². The molecule has 6 aromatic carbocycles. The van der Waals surface area contributed by atoms with Gasteiger partial charge in [0.1, 0.15) is 0 Å². The number of hydrogen-bond donors (Lipinski definition) is 1. The number of nitrogen functional groups attached to an aromatic ring is 1. The maximum Gasteiger partial charge on any atom is 0.0541 e. The maximum absolute atomic E-state index is 5.70. The van der Waals surface area contributed by atoms with Gasteiger partial charge in [-0.3, -0.25) is 0 Å². The average Bonchev–Trinajstić information content (AvgIpc) is 3.74. The Labute approximate surface area is 404 Å². The molecule has 1 heterocycles. The summed E-state index contributed by atoms with van der Waals surface area (Å²) < 4.78 is 2.32. The van der Waals surface area contributed by atoms with E-state index in [0.29, 0.717) is 0 Å². The number of nitrogens with two attached hydrogens (primary N) is 1. The lowest BCUT2D eigenvalue weighted by Crippen LogP contribution is -1.95. The van der Waals surface area contributed by atoms with E-state index in [2.05, 4.69) is 189 Å². The fraction of sp³-hybridized carbons (Fsp3) is 0.200. The molecule has 0 saturated heterocycles. The van der Waals surface area contributed by atoms with Gasteiger partial charge < -0.3 is 10.3 Å². The second kappa shape index (κ2) is 29.4. The summed E-state index contributed by atoms with van der Waals surface area (Å²) in [6.07, 6.45) is 26.0. The molecule has 0 unspecified atom stereocenters. The standard InChI is InChI=1S/C26H30.C18H13N.C12H11N.C5H8.2C2H6/c1-4-22(14-13-21(3)26-12-8-9-20(2)19-26)24-15-17-25(18-16-24)23-10-6-5-7-11-23;1-2-8-14(9-3-1)19-17-12-6-4-10-15(17)16-11-5-7-13-18(16)19;13-12-8-4-7-11(9-12)10-5-2-1-3-6-10;1-3-5-4-2;2*1-2/h4,6,10-12,15-19H,3,5,7-9,13-14H2,1-2H3;1-13H;1-9H,13H2;3-5H,1H2,2H3;2*1-2H3/b22-4+;;;5-4-;;. The number of nitrogens with zero attached hydrogens (tertiary/aromatic N) is 1. The molecule has 0 atom stereocenters. The predicted octanol–water partition coefficient (Wildman–Crippen LogP) is 19.3. The molecule has 2 aliphatic carbocycles. The molecule has 2 aliphatic rings. The molecule has 2 nitrogen and oxygen atoms in total. The molecule has 0 radical (unpaired) electrons. The highest BCUT2D eigenvalue weighted by molar-refractivity contribution is 6.09. The summed E-state index contributed by atoms with van der Waals surface area (Å²) in [7, 11) is 0. The van der Waals surface area contributed by atoms with Crippen LogP contribution in [-0.2, 0) is 0 Å². The smallest absolute Gasteiger partial charge is 0.0541 e. The molecule has 2 heteroatoms. The van der Waals surface area contributed by atoms with Crippen molar-refractivity contribution in [2.75, 3.05) is 5.73 Å². The van der Waals surface area contributed by atoms with Crippen LogP contribution in [0.15, 0.2) is 242 Å². The van der Waals surface area contributed by atoms with E-state index in [4.69, 9.17) is 5.73 Å². The van der Waals surface area contributed by atoms with Gasteiger partial charge >= 0.3 is 0 Å². The Morgan fingerprint density at radius 3 is 1.76 bits per heavy atom. The summed E-state index contributed by atoms with van der Waals surface area (Å²) in [5.41, 5.74) is 22.1. The molecule has 67 heavy (non-hydrogen) atoms. The molecule has 9 rings (SSSR count). The summed E-state index contributed by atoms with van der Waals surface area (Å²) >= 11 is 0. The van der Waals surface area contributed by atoms with E-state index in [1.807, 2.05) is 83.2 Å². The minimum absolute atomic E-state index is 0.807. The van der Waals surface area contributed by atoms with Crippen LogP contribution in [0.5, 0.6) is 0 Å². The number of benzene rings is 6. The van der Waals surface area contributed by atoms with E-state index in [0.717, 1.165) is 31.4 Å². The van der Waals surface area contributed by atoms with E-state index in [9.17, 15) is 0 Å². The zero-order valence-electron chi connectivity index (χ0n) is 41.4. The first-order chi connectivity index (χ1) is 32.9. The van der Waals surface area contributed by atoms with E-state index < -0.39 is 0 Å². The molecular formula is C65H74N2. The monoisotopic (exact) mass is 883 g/mol. The summed E-state index contributed by atoms with van der Waals surface area (Å²) in [6, 6.07) is 54.8. The third-order valence-electron chi connectivity index (χ3n) is 11.3. The maximum atomic E-state index is 5.70. The molecule has 344 valence electrons. The molecule has 0 amide bonds. The first kappa shape index (κ1) is 52.5. The lowest BCUT2D eigenvalue weighted by Gasteiger charge is -2.15. The molecule has 0 spiro atoms. The van der Waals surface area contributed by atoms with Gasteiger partial charge in [0.05, 0.1) is 11.0 Å². The van der Waals surface area contributed by atoms with Crippen molar-refractivity contribution in [3.8, 4) is 16.8 Å². The Bertz CT molecular complexity index is 2710. The van der Waals surface area contributed by atoms with Gasteiger partial charge in [-0.2, -0.15) is 0 Å². The lowest BCUT2D eigenvalue weighted by atomic mass is 9.91. The zero-order chi connectivity index (χ0) is 48.2. The van der Waals surface area contributed by atoms with Crippen molar-refractivity contribution < 1.29 is 0 Å². The average molecular weight is 883 g/mol. The Morgan fingerprint density at radius 2 is 1.22 bits per heavy atom. The number of aromatic nitrogens is 1. The summed E-state index contributed by atoms with van der Waals surface area (Å²) in [6.45, 7) is 22.1. The normalized spacial score (nSPS) is 12.7. The number of para-hydroxylation sites is 3. The molecule has 0 fully saturated rings. The molecule has 1 aromatic heterocycles. The molecule has 0 saturated carbocycles. The summed E-state index contributed by atoms with van der Waals surface area (Å²) in [5, 5.41) is 2.61. The van der Waals surface area contributed by atoms with E-state index in [-0.39, 0.29) is 0 Å². The Morgan fingerprint density at radius 1 is 0.627 bits per heavy atom. The van der Waals surface area contributed by atoms with Gasteiger partial charge in [-0.25, -0.2) is 0 Å². The Hall–Kier alpha value is -7.16. The van der Waals surface area contributed by atoms with E-state index in [1.165, 1.54) is 90.5 Å². The van der Waals surface area contributed by atoms with Crippen LogP contribution in [0.2, 0.25) is 0 Å². The minimum atomic E-state index is 0.807. The molecule has 0 aliphatic heterocycles. The molecule has 2 N–H and O–H groups in total. The van der Waals surface area contributed by atoms with E-state index >= 15 is 0 Å². The van der Waals surface area contributed by atoms with Gasteiger partial charge in [-0.05, 0) is 140 Å². The first-order valence-corrected chi connectivity index (χ1v) is 24.3. The van der Waals surface area contributed by atoms with Gasteiger partial charge in [0.25, 0.3) is 0 Å².